The van der Waals surface area contributed by atoms with Gasteiger partial charge < -0.3 is 15.4 Å². The SMILES string of the molecule is NC1CCCN(C(=O)c2ccc(OCC(F)(F)C(F)F)nc2)C1. The highest BCUT2D eigenvalue weighted by molar-refractivity contribution is 5.94. The monoisotopic (exact) mass is 335 g/mol. The molecule has 1 fully saturated rings. The third kappa shape index (κ3) is 4.54. The standard InChI is InChI=1S/C14H17F4N3O2/c15-13(16)14(17,18)8-23-11-4-3-9(6-20-11)12(22)21-5-1-2-10(19)7-21/h3-4,6,10,13H,1-2,5,7-8,19H2. The van der Waals surface area contributed by atoms with Crippen LogP contribution in [0.5, 0.6) is 5.88 Å². The number of likely N-dealkylation sites (tertiary alicyclic amines) is 1. The number of ether oxygens (including phenoxy) is 1. The smallest absolute Gasteiger partial charge is 0.340 e. The van der Waals surface area contributed by atoms with Gasteiger partial charge in [-0.15, -0.1) is 0 Å². The van der Waals surface area contributed by atoms with Gasteiger partial charge in [-0.2, -0.15) is 8.78 Å². The van der Waals surface area contributed by atoms with E-state index >= 15 is 0 Å². The van der Waals surface area contributed by atoms with Crippen molar-refractivity contribution in [1.29, 1.82) is 0 Å². The minimum Gasteiger partial charge on any atom is -0.471 e. The molecule has 0 aliphatic carbocycles. The van der Waals surface area contributed by atoms with Crippen LogP contribution in [0.2, 0.25) is 0 Å². The van der Waals surface area contributed by atoms with E-state index in [-0.39, 0.29) is 23.4 Å². The molecule has 0 bridgehead atoms. The fourth-order valence-corrected chi connectivity index (χ4v) is 2.20. The summed E-state index contributed by atoms with van der Waals surface area (Å²) in [5.41, 5.74) is 6.06. The van der Waals surface area contributed by atoms with Gasteiger partial charge in [0.2, 0.25) is 5.88 Å². The Bertz CT molecular complexity index is 539. The van der Waals surface area contributed by atoms with Crippen LogP contribution in [0.3, 0.4) is 0 Å². The van der Waals surface area contributed by atoms with Crippen LogP contribution in [0, 0.1) is 0 Å². The highest BCUT2D eigenvalue weighted by Gasteiger charge is 2.41. The Labute approximate surface area is 130 Å². The number of hydrogen-bond donors (Lipinski definition) is 1. The van der Waals surface area contributed by atoms with Crippen molar-refractivity contribution in [3.8, 4) is 5.88 Å². The molecule has 2 heterocycles. The first-order valence-electron chi connectivity index (χ1n) is 7.09. The van der Waals surface area contributed by atoms with Gasteiger partial charge in [0.25, 0.3) is 5.91 Å². The van der Waals surface area contributed by atoms with E-state index in [2.05, 4.69) is 9.72 Å². The second-order valence-electron chi connectivity index (χ2n) is 5.39. The van der Waals surface area contributed by atoms with Crippen molar-refractivity contribution in [1.82, 2.24) is 9.88 Å². The lowest BCUT2D eigenvalue weighted by atomic mass is 10.1. The van der Waals surface area contributed by atoms with E-state index in [4.69, 9.17) is 5.73 Å². The summed E-state index contributed by atoms with van der Waals surface area (Å²) in [7, 11) is 0. The van der Waals surface area contributed by atoms with Crippen molar-refractivity contribution in [2.45, 2.75) is 31.2 Å². The predicted molar refractivity (Wildman–Crippen MR) is 73.8 cm³/mol. The average Bonchev–Trinajstić information content (AvgIpc) is 2.52. The third-order valence-corrected chi connectivity index (χ3v) is 3.46. The van der Waals surface area contributed by atoms with Crippen LogP contribution in [0.1, 0.15) is 23.2 Å². The lowest BCUT2D eigenvalue weighted by Gasteiger charge is -2.30. The summed E-state index contributed by atoms with van der Waals surface area (Å²) in [6, 6.07) is 2.48. The van der Waals surface area contributed by atoms with E-state index in [1.807, 2.05) is 0 Å². The molecule has 1 unspecified atom stereocenters. The number of pyridine rings is 1. The number of alkyl halides is 4. The highest BCUT2D eigenvalue weighted by Crippen LogP contribution is 2.23. The van der Waals surface area contributed by atoms with E-state index in [9.17, 15) is 22.4 Å². The van der Waals surface area contributed by atoms with Crippen LogP contribution in [0.4, 0.5) is 17.6 Å². The van der Waals surface area contributed by atoms with E-state index in [1.165, 1.54) is 12.1 Å². The minimum absolute atomic E-state index is 0.0696. The lowest BCUT2D eigenvalue weighted by Crippen LogP contribution is -2.45. The minimum atomic E-state index is -4.25. The Morgan fingerprint density at radius 1 is 1.48 bits per heavy atom. The second kappa shape index (κ2) is 7.12. The molecule has 0 aromatic carbocycles. The largest absolute Gasteiger partial charge is 0.471 e. The molecule has 0 saturated carbocycles. The van der Waals surface area contributed by atoms with Gasteiger partial charge in [0.1, 0.15) is 0 Å². The molecule has 0 spiro atoms. The number of hydrogen-bond acceptors (Lipinski definition) is 4. The topological polar surface area (TPSA) is 68.5 Å². The number of rotatable bonds is 5. The number of aromatic nitrogens is 1. The van der Waals surface area contributed by atoms with Gasteiger partial charge in [0.15, 0.2) is 6.61 Å². The Morgan fingerprint density at radius 2 is 2.22 bits per heavy atom. The summed E-state index contributed by atoms with van der Waals surface area (Å²) < 4.78 is 54.1. The van der Waals surface area contributed by atoms with E-state index in [0.717, 1.165) is 19.0 Å². The van der Waals surface area contributed by atoms with Gasteiger partial charge in [0, 0.05) is 31.4 Å². The number of amides is 1. The number of nitrogens with zero attached hydrogens (tertiary/aromatic N) is 2. The summed E-state index contributed by atoms with van der Waals surface area (Å²) in [6.45, 7) is -0.449. The lowest BCUT2D eigenvalue weighted by molar-refractivity contribution is -0.148. The maximum atomic E-state index is 12.7. The first-order valence-corrected chi connectivity index (χ1v) is 7.09. The predicted octanol–water partition coefficient (Wildman–Crippen LogP) is 1.92. The molecule has 1 saturated heterocycles. The van der Waals surface area contributed by atoms with Crippen LogP contribution in [-0.4, -0.2) is 53.9 Å². The van der Waals surface area contributed by atoms with Gasteiger partial charge >= 0.3 is 12.3 Å². The van der Waals surface area contributed by atoms with Crippen molar-refractivity contribution in [2.75, 3.05) is 19.7 Å². The van der Waals surface area contributed by atoms with Crippen LogP contribution in [-0.2, 0) is 0 Å². The zero-order valence-electron chi connectivity index (χ0n) is 12.2. The first kappa shape index (κ1) is 17.5. The Balaban J connectivity index is 1.95. The summed E-state index contributed by atoms with van der Waals surface area (Å²) in [5.74, 6) is -4.77. The zero-order chi connectivity index (χ0) is 17.0. The first-order chi connectivity index (χ1) is 10.8. The Morgan fingerprint density at radius 3 is 2.78 bits per heavy atom. The molecule has 2 N–H and O–H groups in total. The molecule has 1 aromatic rings. The molecule has 1 aliphatic heterocycles. The Kier molecular flexibility index (Phi) is 5.40. The van der Waals surface area contributed by atoms with Crippen molar-refractivity contribution >= 4 is 5.91 Å². The molecule has 2 rings (SSSR count). The fourth-order valence-electron chi connectivity index (χ4n) is 2.20. The molecular weight excluding hydrogens is 318 g/mol. The summed E-state index contributed by atoms with van der Waals surface area (Å²) >= 11 is 0. The van der Waals surface area contributed by atoms with Crippen LogP contribution >= 0.6 is 0 Å². The highest BCUT2D eigenvalue weighted by atomic mass is 19.3. The molecule has 1 aliphatic rings. The van der Waals surface area contributed by atoms with Crippen LogP contribution in [0.25, 0.3) is 0 Å². The van der Waals surface area contributed by atoms with Crippen LogP contribution < -0.4 is 10.5 Å². The maximum Gasteiger partial charge on any atom is 0.340 e. The van der Waals surface area contributed by atoms with Gasteiger partial charge in [-0.1, -0.05) is 0 Å². The summed E-state index contributed by atoms with van der Waals surface area (Å²) in [5, 5.41) is 0. The van der Waals surface area contributed by atoms with E-state index in [1.54, 1.807) is 4.90 Å². The number of carbonyl (C=O) groups is 1. The maximum absolute atomic E-state index is 12.7. The van der Waals surface area contributed by atoms with Crippen molar-refractivity contribution < 1.29 is 27.1 Å². The molecule has 5 nitrogen and oxygen atoms in total. The summed E-state index contributed by atoms with van der Waals surface area (Å²) in [4.78, 5) is 17.5. The molecule has 128 valence electrons. The van der Waals surface area contributed by atoms with Gasteiger partial charge in [-0.3, -0.25) is 4.79 Å². The molecule has 1 aromatic heterocycles. The number of nitrogens with two attached hydrogens (primary N) is 1. The molecule has 9 heteroatoms. The number of carbonyl (C=O) groups excluding carboxylic acids is 1. The summed E-state index contributed by atoms with van der Waals surface area (Å²) in [6.07, 6.45) is -0.984. The van der Waals surface area contributed by atoms with Crippen molar-refractivity contribution in [3.63, 3.8) is 0 Å². The van der Waals surface area contributed by atoms with Gasteiger partial charge in [-0.05, 0) is 18.9 Å². The molecule has 23 heavy (non-hydrogen) atoms. The molecule has 0 radical (unpaired) electrons. The zero-order valence-corrected chi connectivity index (χ0v) is 12.2. The fraction of sp³-hybridized carbons (Fsp3) is 0.571. The Hall–Kier alpha value is -1.90. The van der Waals surface area contributed by atoms with Crippen LogP contribution in [0.15, 0.2) is 18.3 Å². The van der Waals surface area contributed by atoms with E-state index in [0.29, 0.717) is 13.1 Å². The van der Waals surface area contributed by atoms with Crippen molar-refractivity contribution in [3.05, 3.63) is 23.9 Å². The number of halogens is 4. The second-order valence-corrected chi connectivity index (χ2v) is 5.39. The normalized spacial score (nSPS) is 19.0. The molecular formula is C14H17F4N3O2. The van der Waals surface area contributed by atoms with Gasteiger partial charge in [0.05, 0.1) is 5.56 Å². The third-order valence-electron chi connectivity index (χ3n) is 3.46. The quantitative estimate of drug-likeness (QED) is 0.835. The average molecular weight is 335 g/mol. The van der Waals surface area contributed by atoms with Crippen molar-refractivity contribution in [2.24, 2.45) is 5.73 Å². The number of piperidine rings is 1. The van der Waals surface area contributed by atoms with E-state index < -0.39 is 19.0 Å². The molecule has 1 atom stereocenters. The van der Waals surface area contributed by atoms with Gasteiger partial charge in [-0.25, -0.2) is 13.8 Å². The molecule has 1 amide bonds.